The van der Waals surface area contributed by atoms with Crippen molar-refractivity contribution in [3.63, 3.8) is 0 Å². The van der Waals surface area contributed by atoms with Crippen molar-refractivity contribution < 1.29 is 42.4 Å². The van der Waals surface area contributed by atoms with Crippen LogP contribution in [0.25, 0.3) is 6.08 Å². The molecule has 1 aromatic carbocycles. The van der Waals surface area contributed by atoms with Gasteiger partial charge in [-0.3, -0.25) is 9.32 Å². The van der Waals surface area contributed by atoms with E-state index >= 15 is 0 Å². The fourth-order valence-electron chi connectivity index (χ4n) is 2.80. The number of carboxylic acid groups (broad SMARTS) is 1. The van der Waals surface area contributed by atoms with Crippen molar-refractivity contribution in [2.75, 3.05) is 12.3 Å². The zero-order valence-corrected chi connectivity index (χ0v) is 20.8. The predicted molar refractivity (Wildman–Crippen MR) is 128 cm³/mol. The summed E-state index contributed by atoms with van der Waals surface area (Å²) in [6, 6.07) is 2.82. The average molecular weight is 544 g/mol. The molecule has 0 saturated carbocycles. The van der Waals surface area contributed by atoms with Crippen LogP contribution in [0.4, 0.5) is 14.6 Å². The Labute approximate surface area is 208 Å². The molecule has 0 atom stereocenters. The summed E-state index contributed by atoms with van der Waals surface area (Å²) >= 11 is 0.651. The number of benzene rings is 1. The number of rotatable bonds is 12. The molecule has 0 aliphatic rings. The standard InChI is InChI=1S/C21H23F2N4O7PS/c1-12(27(11-28)10-15-9-25-13(2)26-20(15)24)18(5-6-34-35(31,32)33)36-19(21(29)30)8-14-3-4-16(22)17(23)7-14/h3-4,7-9,11H,5-6,10H2,1-2H3,(H,29,30)(H2,24,25,26)(H2,31,32,33)/b18-12-,19-8+. The SMILES string of the molecule is C/C(=C(\CCOP(=O)(O)O)S/C(=C/c1ccc(F)c(F)c1)C(=O)O)N(C=O)Cc1cnc(C)nc1N. The molecule has 1 aromatic heterocycles. The number of halogens is 2. The van der Waals surface area contributed by atoms with E-state index in [9.17, 15) is 28.0 Å². The van der Waals surface area contributed by atoms with E-state index in [1.165, 1.54) is 24.1 Å². The third kappa shape index (κ3) is 8.81. The number of nitrogens with zero attached hydrogens (tertiary/aromatic N) is 3. The number of nitrogens with two attached hydrogens (primary N) is 1. The Balaban J connectivity index is 2.46. The number of nitrogen functional groups attached to an aromatic ring is 1. The van der Waals surface area contributed by atoms with Crippen LogP contribution in [0.1, 0.15) is 30.3 Å². The Kier molecular flexibility index (Phi) is 10.3. The molecule has 0 radical (unpaired) electrons. The molecule has 36 heavy (non-hydrogen) atoms. The minimum absolute atomic E-state index is 0.0547. The summed E-state index contributed by atoms with van der Waals surface area (Å²) in [7, 11) is -4.82. The quantitative estimate of drug-likeness (QED) is 0.175. The molecule has 194 valence electrons. The fraction of sp³-hybridized carbons (Fsp3) is 0.238. The van der Waals surface area contributed by atoms with Gasteiger partial charge in [0.2, 0.25) is 6.41 Å². The van der Waals surface area contributed by atoms with Crippen molar-refractivity contribution in [2.45, 2.75) is 26.8 Å². The van der Waals surface area contributed by atoms with Crippen LogP contribution in [-0.4, -0.2) is 48.7 Å². The summed E-state index contributed by atoms with van der Waals surface area (Å²) in [4.78, 5) is 50.9. The normalized spacial score (nSPS) is 12.8. The first-order valence-electron chi connectivity index (χ1n) is 10.1. The number of anilines is 1. The molecular weight excluding hydrogens is 521 g/mol. The van der Waals surface area contributed by atoms with Crippen LogP contribution in [0.2, 0.25) is 0 Å². The number of carbonyl (C=O) groups is 2. The van der Waals surface area contributed by atoms with Gasteiger partial charge in [-0.05, 0) is 37.6 Å². The van der Waals surface area contributed by atoms with E-state index in [-0.39, 0.29) is 39.9 Å². The summed E-state index contributed by atoms with van der Waals surface area (Å²) in [5.74, 6) is -3.15. The van der Waals surface area contributed by atoms with Gasteiger partial charge in [-0.1, -0.05) is 17.8 Å². The number of aliphatic carboxylic acids is 1. The smallest absolute Gasteiger partial charge is 0.469 e. The molecule has 0 unspecified atom stereocenters. The molecule has 15 heteroatoms. The Morgan fingerprint density at radius 1 is 1.31 bits per heavy atom. The van der Waals surface area contributed by atoms with Gasteiger partial charge in [0.15, 0.2) is 11.6 Å². The average Bonchev–Trinajstić information content (AvgIpc) is 2.78. The van der Waals surface area contributed by atoms with Gasteiger partial charge >= 0.3 is 13.8 Å². The Morgan fingerprint density at radius 3 is 2.56 bits per heavy atom. The number of aromatic nitrogens is 2. The Hall–Kier alpha value is -3.16. The number of thioether (sulfide) groups is 1. The summed E-state index contributed by atoms with van der Waals surface area (Å²) in [5.41, 5.74) is 6.57. The van der Waals surface area contributed by atoms with E-state index in [0.717, 1.165) is 18.2 Å². The van der Waals surface area contributed by atoms with Gasteiger partial charge in [0, 0.05) is 28.8 Å². The van der Waals surface area contributed by atoms with Crippen molar-refractivity contribution in [3.05, 3.63) is 68.5 Å². The van der Waals surface area contributed by atoms with Crippen LogP contribution in [0.3, 0.4) is 0 Å². The summed E-state index contributed by atoms with van der Waals surface area (Å²) in [6.07, 6.45) is 2.77. The lowest BCUT2D eigenvalue weighted by molar-refractivity contribution is -0.131. The third-order valence-corrected chi connectivity index (χ3v) is 6.37. The van der Waals surface area contributed by atoms with Crippen molar-refractivity contribution in [1.29, 1.82) is 0 Å². The molecule has 1 heterocycles. The molecule has 0 bridgehead atoms. The molecule has 1 amide bonds. The highest BCUT2D eigenvalue weighted by atomic mass is 32.2. The summed E-state index contributed by atoms with van der Waals surface area (Å²) < 4.78 is 42.4. The van der Waals surface area contributed by atoms with Gasteiger partial charge in [-0.2, -0.15) is 0 Å². The minimum Gasteiger partial charge on any atom is -0.477 e. The maximum Gasteiger partial charge on any atom is 0.469 e. The Morgan fingerprint density at radius 2 is 2.00 bits per heavy atom. The first-order chi connectivity index (χ1) is 16.8. The van der Waals surface area contributed by atoms with Gasteiger partial charge < -0.3 is 25.5 Å². The van der Waals surface area contributed by atoms with E-state index in [2.05, 4.69) is 14.5 Å². The predicted octanol–water partition coefficient (Wildman–Crippen LogP) is 3.19. The molecule has 11 nitrogen and oxygen atoms in total. The van der Waals surface area contributed by atoms with Gasteiger partial charge in [-0.15, -0.1) is 0 Å². The summed E-state index contributed by atoms with van der Waals surface area (Å²) in [6.45, 7) is 2.52. The number of hydrogen-bond acceptors (Lipinski definition) is 8. The van der Waals surface area contributed by atoms with E-state index in [1.807, 2.05) is 0 Å². The number of hydrogen-bond donors (Lipinski definition) is 4. The van der Waals surface area contributed by atoms with E-state index in [4.69, 9.17) is 15.5 Å². The highest BCUT2D eigenvalue weighted by molar-refractivity contribution is 8.07. The second kappa shape index (κ2) is 12.7. The monoisotopic (exact) mass is 544 g/mol. The molecule has 0 aliphatic carbocycles. The maximum absolute atomic E-state index is 13.6. The molecule has 0 spiro atoms. The number of amides is 1. The fourth-order valence-corrected chi connectivity index (χ4v) is 4.12. The van der Waals surface area contributed by atoms with Crippen LogP contribution >= 0.6 is 19.6 Å². The molecule has 2 rings (SSSR count). The Bertz CT molecular complexity index is 1250. The van der Waals surface area contributed by atoms with Crippen molar-refractivity contribution in [2.24, 2.45) is 0 Å². The van der Waals surface area contributed by atoms with E-state index in [1.54, 1.807) is 6.92 Å². The molecule has 0 fully saturated rings. The molecule has 2 aromatic rings. The summed E-state index contributed by atoms with van der Waals surface area (Å²) in [5, 5.41) is 9.69. The minimum atomic E-state index is -4.82. The van der Waals surface area contributed by atoms with Gasteiger partial charge in [0.25, 0.3) is 0 Å². The lowest BCUT2D eigenvalue weighted by atomic mass is 10.2. The number of carbonyl (C=O) groups excluding carboxylic acids is 1. The number of phosphoric acid groups is 1. The second-order valence-electron chi connectivity index (χ2n) is 7.23. The molecule has 5 N–H and O–H groups in total. The van der Waals surface area contributed by atoms with Crippen molar-refractivity contribution in [3.8, 4) is 0 Å². The number of aryl methyl sites for hydroxylation is 1. The highest BCUT2D eigenvalue weighted by Crippen LogP contribution is 2.38. The third-order valence-electron chi connectivity index (χ3n) is 4.59. The lowest BCUT2D eigenvalue weighted by Crippen LogP contribution is -2.22. The number of carboxylic acids is 1. The maximum atomic E-state index is 13.6. The van der Waals surface area contributed by atoms with Crippen LogP contribution in [0, 0.1) is 18.6 Å². The van der Waals surface area contributed by atoms with Gasteiger partial charge in [0.05, 0.1) is 18.1 Å². The zero-order valence-electron chi connectivity index (χ0n) is 19.1. The van der Waals surface area contributed by atoms with Crippen LogP contribution in [0.5, 0.6) is 0 Å². The number of phosphoric ester groups is 1. The topological polar surface area (TPSA) is 176 Å². The number of allylic oxidation sites excluding steroid dienone is 1. The van der Waals surface area contributed by atoms with Gasteiger partial charge in [0.1, 0.15) is 11.6 Å². The first-order valence-corrected chi connectivity index (χ1v) is 12.4. The van der Waals surface area contributed by atoms with Crippen LogP contribution in [0.15, 0.2) is 39.9 Å². The largest absolute Gasteiger partial charge is 0.477 e. The second-order valence-corrected chi connectivity index (χ2v) is 9.61. The van der Waals surface area contributed by atoms with Crippen LogP contribution < -0.4 is 5.73 Å². The molecule has 0 aliphatic heterocycles. The molecule has 0 saturated heterocycles. The van der Waals surface area contributed by atoms with Gasteiger partial charge in [-0.25, -0.2) is 28.1 Å². The van der Waals surface area contributed by atoms with Crippen molar-refractivity contribution >= 4 is 43.9 Å². The zero-order chi connectivity index (χ0) is 27.0. The first kappa shape index (κ1) is 29.1. The molecular formula is C21H23F2N4O7PS. The van der Waals surface area contributed by atoms with Crippen molar-refractivity contribution in [1.82, 2.24) is 14.9 Å². The van der Waals surface area contributed by atoms with E-state index < -0.39 is 32.0 Å². The lowest BCUT2D eigenvalue weighted by Gasteiger charge is -2.22. The highest BCUT2D eigenvalue weighted by Gasteiger charge is 2.20. The van der Waals surface area contributed by atoms with Crippen LogP contribution in [-0.2, 0) is 25.2 Å². The van der Waals surface area contributed by atoms with E-state index in [0.29, 0.717) is 29.6 Å².